The summed E-state index contributed by atoms with van der Waals surface area (Å²) < 4.78 is 12.5. The van der Waals surface area contributed by atoms with E-state index in [4.69, 9.17) is 8.85 Å². The molecule has 0 spiro atoms. The Hall–Kier alpha value is 0.0969. The summed E-state index contributed by atoms with van der Waals surface area (Å²) in [4.78, 5) is 2.25. The van der Waals surface area contributed by atoms with Crippen LogP contribution < -0.4 is 0 Å². The minimum Gasteiger partial charge on any atom is -0.394 e. The topological polar surface area (TPSA) is 21.7 Å². The van der Waals surface area contributed by atoms with Crippen LogP contribution in [0.1, 0.15) is 52.9 Å². The minimum absolute atomic E-state index is 0.863. The summed E-state index contributed by atoms with van der Waals surface area (Å²) in [7, 11) is 2.32. The first-order valence-electron chi connectivity index (χ1n) is 8.02. The van der Waals surface area contributed by atoms with E-state index in [0.29, 0.717) is 0 Å². The van der Waals surface area contributed by atoms with Crippen LogP contribution >= 0.6 is 0 Å². The zero-order valence-electron chi connectivity index (χ0n) is 13.8. The molecule has 0 rings (SSSR count). The molecule has 0 fully saturated rings. The highest BCUT2D eigenvalue weighted by Crippen LogP contribution is 2.24. The van der Waals surface area contributed by atoms with Crippen molar-refractivity contribution >= 4 is 8.56 Å². The van der Waals surface area contributed by atoms with Crippen molar-refractivity contribution in [3.05, 3.63) is 0 Å². The maximum Gasteiger partial charge on any atom is 0.338 e. The van der Waals surface area contributed by atoms with Crippen molar-refractivity contribution in [3.63, 3.8) is 0 Å². The lowest BCUT2D eigenvalue weighted by Gasteiger charge is -2.31. The van der Waals surface area contributed by atoms with E-state index in [1.807, 2.05) is 0 Å². The number of hydrogen-bond donors (Lipinski definition) is 0. The lowest BCUT2D eigenvalue weighted by molar-refractivity contribution is 0.164. The molecule has 0 saturated heterocycles. The van der Waals surface area contributed by atoms with Crippen molar-refractivity contribution in [2.24, 2.45) is 0 Å². The third-order valence-corrected chi connectivity index (χ3v) is 6.90. The van der Waals surface area contributed by atoms with Gasteiger partial charge in [-0.05, 0) is 52.0 Å². The van der Waals surface area contributed by atoms with Gasteiger partial charge in [0.1, 0.15) is 0 Å². The molecule has 0 N–H and O–H groups in total. The lowest BCUT2D eigenvalue weighted by Crippen LogP contribution is -2.43. The molecular formula is C15H35NO2Si. The Kier molecular flexibility index (Phi) is 11.9. The second kappa shape index (κ2) is 11.9. The Morgan fingerprint density at radius 2 is 1.32 bits per heavy atom. The first-order valence-corrected chi connectivity index (χ1v) is 10.3. The van der Waals surface area contributed by atoms with Crippen LogP contribution in [0.3, 0.4) is 0 Å². The largest absolute Gasteiger partial charge is 0.394 e. The van der Waals surface area contributed by atoms with Crippen LogP contribution in [0.5, 0.6) is 0 Å². The van der Waals surface area contributed by atoms with E-state index in [0.717, 1.165) is 44.7 Å². The highest BCUT2D eigenvalue weighted by Gasteiger charge is 2.36. The first-order chi connectivity index (χ1) is 9.10. The molecule has 0 aromatic rings. The molecular weight excluding hydrogens is 254 g/mol. The summed E-state index contributed by atoms with van der Waals surface area (Å²) in [5, 5.41) is 0. The van der Waals surface area contributed by atoms with E-state index in [-0.39, 0.29) is 0 Å². The van der Waals surface area contributed by atoms with E-state index >= 15 is 0 Å². The fourth-order valence-corrected chi connectivity index (χ4v) is 5.79. The monoisotopic (exact) mass is 289 g/mol. The van der Waals surface area contributed by atoms with Crippen LogP contribution in [0, 0.1) is 0 Å². The first kappa shape index (κ1) is 19.1. The fraction of sp³-hybridized carbons (Fsp3) is 1.00. The second-order valence-electron chi connectivity index (χ2n) is 5.62. The molecule has 0 aliphatic carbocycles. The molecule has 0 atom stereocenters. The summed E-state index contributed by atoms with van der Waals surface area (Å²) in [6.07, 6.45) is 5.83. The lowest BCUT2D eigenvalue weighted by atomic mass is 10.4. The summed E-state index contributed by atoms with van der Waals surface area (Å²) in [5.74, 6) is 0. The number of unbranched alkanes of at least 4 members (excludes halogenated alkanes) is 1. The van der Waals surface area contributed by atoms with Gasteiger partial charge in [0.15, 0.2) is 0 Å². The predicted molar refractivity (Wildman–Crippen MR) is 85.9 cm³/mol. The van der Waals surface area contributed by atoms with Crippen molar-refractivity contribution in [1.29, 1.82) is 0 Å². The molecule has 4 heteroatoms. The van der Waals surface area contributed by atoms with Gasteiger partial charge in [-0.1, -0.05) is 33.6 Å². The van der Waals surface area contributed by atoms with Gasteiger partial charge in [-0.2, -0.15) is 0 Å². The molecule has 0 aromatic heterocycles. The SMILES string of the molecule is CCCC[Si](CCCN(C)C)(OCCC)OCCC. The Bertz CT molecular complexity index is 179. The summed E-state index contributed by atoms with van der Waals surface area (Å²) in [6, 6.07) is 2.31. The zero-order chi connectivity index (χ0) is 14.6. The zero-order valence-corrected chi connectivity index (χ0v) is 14.8. The molecule has 0 aliphatic rings. The Balaban J connectivity index is 4.47. The van der Waals surface area contributed by atoms with Gasteiger partial charge in [-0.15, -0.1) is 0 Å². The average molecular weight is 290 g/mol. The van der Waals surface area contributed by atoms with Gasteiger partial charge in [0.05, 0.1) is 0 Å². The molecule has 0 unspecified atom stereocenters. The molecule has 0 radical (unpaired) electrons. The predicted octanol–water partition coefficient (Wildman–Crippen LogP) is 4.03. The van der Waals surface area contributed by atoms with Crippen molar-refractivity contribution in [2.45, 2.75) is 65.0 Å². The second-order valence-corrected chi connectivity index (χ2v) is 9.02. The van der Waals surface area contributed by atoms with E-state index in [1.54, 1.807) is 0 Å². The highest BCUT2D eigenvalue weighted by atomic mass is 28.4. The molecule has 3 nitrogen and oxygen atoms in total. The number of rotatable bonds is 13. The molecule has 0 saturated carbocycles. The van der Waals surface area contributed by atoms with Gasteiger partial charge in [0.25, 0.3) is 0 Å². The van der Waals surface area contributed by atoms with Gasteiger partial charge >= 0.3 is 8.56 Å². The average Bonchev–Trinajstić information content (AvgIpc) is 2.39. The van der Waals surface area contributed by atoms with Gasteiger partial charge in [0.2, 0.25) is 0 Å². The quantitative estimate of drug-likeness (QED) is 0.478. The van der Waals surface area contributed by atoms with E-state index in [2.05, 4.69) is 39.8 Å². The Morgan fingerprint density at radius 1 is 0.789 bits per heavy atom. The van der Waals surface area contributed by atoms with Gasteiger partial charge < -0.3 is 13.8 Å². The summed E-state index contributed by atoms with van der Waals surface area (Å²) in [6.45, 7) is 9.46. The summed E-state index contributed by atoms with van der Waals surface area (Å²) in [5.41, 5.74) is 0. The van der Waals surface area contributed by atoms with Crippen LogP contribution in [-0.2, 0) is 8.85 Å². The maximum atomic E-state index is 6.26. The normalized spacial score (nSPS) is 12.3. The molecule has 0 aromatic carbocycles. The van der Waals surface area contributed by atoms with Crippen LogP contribution in [0.2, 0.25) is 12.1 Å². The van der Waals surface area contributed by atoms with E-state index in [9.17, 15) is 0 Å². The van der Waals surface area contributed by atoms with Crippen molar-refractivity contribution in [2.75, 3.05) is 33.9 Å². The highest BCUT2D eigenvalue weighted by molar-refractivity contribution is 6.67. The molecule has 116 valence electrons. The smallest absolute Gasteiger partial charge is 0.338 e. The Labute approximate surface area is 121 Å². The van der Waals surface area contributed by atoms with Gasteiger partial charge in [-0.25, -0.2) is 0 Å². The van der Waals surface area contributed by atoms with Crippen LogP contribution in [0.4, 0.5) is 0 Å². The maximum absolute atomic E-state index is 6.26. The van der Waals surface area contributed by atoms with E-state index < -0.39 is 8.56 Å². The Morgan fingerprint density at radius 3 is 1.74 bits per heavy atom. The van der Waals surface area contributed by atoms with Crippen molar-refractivity contribution in [3.8, 4) is 0 Å². The molecule has 0 aliphatic heterocycles. The number of hydrogen-bond acceptors (Lipinski definition) is 3. The minimum atomic E-state index is -1.95. The molecule has 19 heavy (non-hydrogen) atoms. The summed E-state index contributed by atoms with van der Waals surface area (Å²) >= 11 is 0. The fourth-order valence-electron chi connectivity index (χ4n) is 2.14. The van der Waals surface area contributed by atoms with Crippen molar-refractivity contribution in [1.82, 2.24) is 4.90 Å². The van der Waals surface area contributed by atoms with E-state index in [1.165, 1.54) is 19.3 Å². The van der Waals surface area contributed by atoms with Gasteiger partial charge in [0, 0.05) is 13.2 Å². The molecule has 0 bridgehead atoms. The standard InChI is InChI=1S/C15H35NO2Si/c1-6-9-14-19(17-12-7-2,18-13-8-3)15-10-11-16(4)5/h6-15H2,1-5H3. The third-order valence-electron chi connectivity index (χ3n) is 3.21. The van der Waals surface area contributed by atoms with Crippen LogP contribution in [0.15, 0.2) is 0 Å². The van der Waals surface area contributed by atoms with Gasteiger partial charge in [-0.3, -0.25) is 0 Å². The molecule has 0 amide bonds. The van der Waals surface area contributed by atoms with Crippen molar-refractivity contribution < 1.29 is 8.85 Å². The number of nitrogens with zero attached hydrogens (tertiary/aromatic N) is 1. The van der Waals surface area contributed by atoms with Crippen LogP contribution in [-0.4, -0.2) is 47.3 Å². The van der Waals surface area contributed by atoms with Crippen LogP contribution in [0.25, 0.3) is 0 Å². The molecule has 0 heterocycles. The third kappa shape index (κ3) is 9.60.